The van der Waals surface area contributed by atoms with Gasteiger partial charge in [0.25, 0.3) is 11.8 Å². The van der Waals surface area contributed by atoms with E-state index >= 15 is 0 Å². The third kappa shape index (κ3) is 4.56. The summed E-state index contributed by atoms with van der Waals surface area (Å²) in [5.74, 6) is -0.890. The molecule has 1 saturated heterocycles. The summed E-state index contributed by atoms with van der Waals surface area (Å²) < 4.78 is 27.2. The Bertz CT molecular complexity index is 1280. The largest absolute Gasteiger partial charge is 0.321 e. The zero-order valence-corrected chi connectivity index (χ0v) is 19.8. The van der Waals surface area contributed by atoms with E-state index < -0.39 is 0 Å². The molecule has 35 heavy (non-hydrogen) atoms. The molecule has 5 rings (SSSR count). The number of halogens is 2. The number of quaternary nitrogens is 1. The van der Waals surface area contributed by atoms with Crippen molar-refractivity contribution in [2.24, 2.45) is 0 Å². The molecular formula is C28H28F2N3O2+. The zero-order chi connectivity index (χ0) is 24.7. The Labute approximate surface area is 203 Å². The van der Waals surface area contributed by atoms with E-state index in [1.807, 2.05) is 24.0 Å². The molecule has 3 aromatic rings. The van der Waals surface area contributed by atoms with E-state index in [2.05, 4.69) is 18.4 Å². The lowest BCUT2D eigenvalue weighted by Gasteiger charge is -2.43. The fourth-order valence-electron chi connectivity index (χ4n) is 5.53. The van der Waals surface area contributed by atoms with Crippen LogP contribution in [0.5, 0.6) is 0 Å². The smallest absolute Gasteiger partial charge is 0.279 e. The first-order chi connectivity index (χ1) is 16.7. The number of piperidine rings is 1. The Morgan fingerprint density at radius 3 is 2.34 bits per heavy atom. The molecule has 1 fully saturated rings. The van der Waals surface area contributed by atoms with Crippen molar-refractivity contribution in [1.29, 1.82) is 0 Å². The molecule has 1 N–H and O–H groups in total. The molecule has 2 heterocycles. The van der Waals surface area contributed by atoms with Crippen molar-refractivity contribution in [2.45, 2.75) is 25.3 Å². The average Bonchev–Trinajstić information content (AvgIpc) is 3.12. The van der Waals surface area contributed by atoms with Crippen LogP contribution >= 0.6 is 0 Å². The van der Waals surface area contributed by atoms with E-state index in [1.54, 1.807) is 12.1 Å². The molecule has 0 unspecified atom stereocenters. The van der Waals surface area contributed by atoms with E-state index in [-0.39, 0.29) is 42.0 Å². The highest BCUT2D eigenvalue weighted by atomic mass is 19.1. The minimum Gasteiger partial charge on any atom is -0.321 e. The van der Waals surface area contributed by atoms with Gasteiger partial charge in [-0.3, -0.25) is 9.59 Å². The third-order valence-corrected chi connectivity index (χ3v) is 7.20. The van der Waals surface area contributed by atoms with E-state index in [4.69, 9.17) is 0 Å². The number of likely N-dealkylation sites (tertiary alicyclic amines) is 1. The van der Waals surface area contributed by atoms with Gasteiger partial charge >= 0.3 is 0 Å². The van der Waals surface area contributed by atoms with Crippen LogP contribution in [0.2, 0.25) is 0 Å². The second-order valence-electron chi connectivity index (χ2n) is 9.95. The van der Waals surface area contributed by atoms with Crippen molar-refractivity contribution in [3.8, 4) is 0 Å². The first-order valence-corrected chi connectivity index (χ1v) is 11.8. The molecule has 0 bridgehead atoms. The number of rotatable bonds is 4. The van der Waals surface area contributed by atoms with E-state index in [1.165, 1.54) is 36.4 Å². The van der Waals surface area contributed by atoms with Crippen molar-refractivity contribution in [1.82, 2.24) is 0 Å². The van der Waals surface area contributed by atoms with Gasteiger partial charge in [0.2, 0.25) is 0 Å². The molecule has 0 aromatic heterocycles. The minimum absolute atomic E-state index is 0.0179. The number of aryl methyl sites for hydroxylation is 1. The van der Waals surface area contributed by atoms with Crippen molar-refractivity contribution in [2.75, 3.05) is 36.9 Å². The third-order valence-electron chi connectivity index (χ3n) is 7.20. The van der Waals surface area contributed by atoms with Gasteiger partial charge in [-0.05, 0) is 67.1 Å². The molecule has 3 atom stereocenters. The molecule has 7 heteroatoms. The van der Waals surface area contributed by atoms with Gasteiger partial charge in [-0.15, -0.1) is 0 Å². The van der Waals surface area contributed by atoms with Crippen LogP contribution in [0.4, 0.5) is 20.2 Å². The predicted octanol–water partition coefficient (Wildman–Crippen LogP) is 4.87. The van der Waals surface area contributed by atoms with Crippen LogP contribution in [0.1, 0.15) is 33.8 Å². The number of fused-ring (bicyclic) bond motifs is 3. The number of nitrogens with one attached hydrogen (secondary N) is 1. The summed E-state index contributed by atoms with van der Waals surface area (Å²) in [6.07, 6.45) is 0.742. The summed E-state index contributed by atoms with van der Waals surface area (Å²) in [6, 6.07) is 17.5. The van der Waals surface area contributed by atoms with Gasteiger partial charge in [0, 0.05) is 23.4 Å². The van der Waals surface area contributed by atoms with Gasteiger partial charge in [0.1, 0.15) is 11.6 Å². The van der Waals surface area contributed by atoms with E-state index in [0.717, 1.165) is 29.8 Å². The van der Waals surface area contributed by atoms with Crippen LogP contribution in [0, 0.1) is 18.6 Å². The standard InChI is InChI=1S/C28H27F2N3O2/c1-18-3-12-25-23(15-18)24-16-33(2,17-27(34)31-22-10-8-21(30)9-11-22)14-13-26(24)32(25)28(35)19-4-6-20(29)7-5-19/h3-12,15,24,26H,13-14,16-17H2,1-2H3/p+1/t24-,26-,33-/m0/s1. The molecule has 2 aliphatic heterocycles. The minimum atomic E-state index is -0.374. The summed E-state index contributed by atoms with van der Waals surface area (Å²) in [6.45, 7) is 3.77. The van der Waals surface area contributed by atoms with Gasteiger partial charge in [-0.1, -0.05) is 17.7 Å². The number of hydrogen-bond donors (Lipinski definition) is 1. The number of carbonyl (C=O) groups excluding carboxylic acids is 2. The second kappa shape index (κ2) is 8.89. The molecule has 2 aliphatic rings. The second-order valence-corrected chi connectivity index (χ2v) is 9.95. The molecule has 0 spiro atoms. The lowest BCUT2D eigenvalue weighted by molar-refractivity contribution is -0.907. The molecular weight excluding hydrogens is 448 g/mol. The fourth-order valence-corrected chi connectivity index (χ4v) is 5.53. The molecule has 2 amide bonds. The maximum Gasteiger partial charge on any atom is 0.279 e. The number of hydrogen-bond acceptors (Lipinski definition) is 2. The number of nitrogens with zero attached hydrogens (tertiary/aromatic N) is 2. The van der Waals surface area contributed by atoms with Crippen LogP contribution in [0.25, 0.3) is 0 Å². The monoisotopic (exact) mass is 476 g/mol. The summed E-state index contributed by atoms with van der Waals surface area (Å²) in [4.78, 5) is 28.2. The van der Waals surface area contributed by atoms with Gasteiger partial charge in [0.15, 0.2) is 6.54 Å². The summed E-state index contributed by atoms with van der Waals surface area (Å²) in [5.41, 5.74) is 4.15. The maximum absolute atomic E-state index is 13.5. The van der Waals surface area contributed by atoms with Crippen LogP contribution in [-0.4, -0.2) is 49.0 Å². The van der Waals surface area contributed by atoms with Crippen molar-refractivity contribution in [3.05, 3.63) is 95.1 Å². The highest BCUT2D eigenvalue weighted by molar-refractivity contribution is 6.08. The van der Waals surface area contributed by atoms with Gasteiger partial charge in [0.05, 0.1) is 32.1 Å². The Balaban J connectivity index is 1.38. The summed E-state index contributed by atoms with van der Waals surface area (Å²) in [7, 11) is 2.07. The molecule has 180 valence electrons. The number of amides is 2. The Hall–Kier alpha value is -3.58. The molecule has 0 radical (unpaired) electrons. The summed E-state index contributed by atoms with van der Waals surface area (Å²) in [5, 5.41) is 2.87. The first-order valence-electron chi connectivity index (χ1n) is 11.8. The van der Waals surface area contributed by atoms with E-state index in [0.29, 0.717) is 22.3 Å². The summed E-state index contributed by atoms with van der Waals surface area (Å²) >= 11 is 0. The molecule has 5 nitrogen and oxygen atoms in total. The molecule has 3 aromatic carbocycles. The molecule has 0 saturated carbocycles. The number of likely N-dealkylation sites (N-methyl/N-ethyl adjacent to an activating group) is 1. The van der Waals surface area contributed by atoms with Crippen molar-refractivity contribution in [3.63, 3.8) is 0 Å². The Morgan fingerprint density at radius 2 is 1.66 bits per heavy atom. The van der Waals surface area contributed by atoms with Crippen molar-refractivity contribution < 1.29 is 22.9 Å². The van der Waals surface area contributed by atoms with Crippen molar-refractivity contribution >= 4 is 23.2 Å². The lowest BCUT2D eigenvalue weighted by Crippen LogP contribution is -2.58. The number of benzene rings is 3. The lowest BCUT2D eigenvalue weighted by atomic mass is 9.87. The first kappa shape index (κ1) is 23.2. The number of carbonyl (C=O) groups is 2. The Morgan fingerprint density at radius 1 is 1.00 bits per heavy atom. The van der Waals surface area contributed by atoms with E-state index in [9.17, 15) is 18.4 Å². The van der Waals surface area contributed by atoms with Crippen LogP contribution in [0.3, 0.4) is 0 Å². The highest BCUT2D eigenvalue weighted by Gasteiger charge is 2.49. The number of anilines is 2. The fraction of sp³-hybridized carbons (Fsp3) is 0.286. The highest BCUT2D eigenvalue weighted by Crippen LogP contribution is 2.47. The quantitative estimate of drug-likeness (QED) is 0.546. The topological polar surface area (TPSA) is 49.4 Å². The van der Waals surface area contributed by atoms with Gasteiger partial charge in [-0.2, -0.15) is 0 Å². The normalized spacial score (nSPS) is 22.9. The Kier molecular flexibility index (Phi) is 5.89. The SMILES string of the molecule is Cc1ccc2c(c1)[C@@H]1C[N@@+](C)(CC(=O)Nc3ccc(F)cc3)CC[C@@H]1N2C(=O)c1ccc(F)cc1. The zero-order valence-electron chi connectivity index (χ0n) is 19.8. The van der Waals surface area contributed by atoms with Gasteiger partial charge in [-0.25, -0.2) is 8.78 Å². The van der Waals surface area contributed by atoms with Gasteiger partial charge < -0.3 is 14.7 Å². The maximum atomic E-state index is 13.5. The molecule has 0 aliphatic carbocycles. The van der Waals surface area contributed by atoms with Crippen LogP contribution in [0.15, 0.2) is 66.7 Å². The predicted molar refractivity (Wildman–Crippen MR) is 131 cm³/mol. The average molecular weight is 477 g/mol. The van der Waals surface area contributed by atoms with Crippen LogP contribution in [-0.2, 0) is 4.79 Å². The van der Waals surface area contributed by atoms with Crippen LogP contribution < -0.4 is 10.2 Å².